The highest BCUT2D eigenvalue weighted by atomic mass is 16.5. The molecule has 1 aromatic carbocycles. The first kappa shape index (κ1) is 17.5. The van der Waals surface area contributed by atoms with E-state index in [0.717, 1.165) is 30.7 Å². The first-order chi connectivity index (χ1) is 12.2. The molecule has 6 heteroatoms. The van der Waals surface area contributed by atoms with Crippen LogP contribution in [0.25, 0.3) is 0 Å². The Hall–Kier alpha value is -2.34. The van der Waals surface area contributed by atoms with Gasteiger partial charge in [-0.15, -0.1) is 0 Å². The van der Waals surface area contributed by atoms with E-state index in [9.17, 15) is 4.79 Å². The fourth-order valence-electron chi connectivity index (χ4n) is 3.27. The van der Waals surface area contributed by atoms with Gasteiger partial charge in [0.1, 0.15) is 5.75 Å². The van der Waals surface area contributed by atoms with E-state index in [-0.39, 0.29) is 11.9 Å². The van der Waals surface area contributed by atoms with E-state index in [4.69, 9.17) is 9.47 Å². The second-order valence-corrected chi connectivity index (χ2v) is 6.20. The number of methoxy groups -OCH3 is 1. The van der Waals surface area contributed by atoms with Gasteiger partial charge in [-0.25, -0.2) is 0 Å². The van der Waals surface area contributed by atoms with Gasteiger partial charge in [-0.1, -0.05) is 0 Å². The van der Waals surface area contributed by atoms with Gasteiger partial charge >= 0.3 is 0 Å². The first-order valence-electron chi connectivity index (χ1n) is 8.76. The van der Waals surface area contributed by atoms with Crippen LogP contribution in [0.5, 0.6) is 5.75 Å². The maximum Gasteiger partial charge on any atom is 0.253 e. The van der Waals surface area contributed by atoms with Crippen LogP contribution in [0.2, 0.25) is 0 Å². The lowest BCUT2D eigenvalue weighted by Gasteiger charge is -2.33. The van der Waals surface area contributed by atoms with Gasteiger partial charge in [0.15, 0.2) is 0 Å². The lowest BCUT2D eigenvalue weighted by molar-refractivity contribution is 0.0672. The van der Waals surface area contributed by atoms with Gasteiger partial charge < -0.3 is 14.4 Å². The number of hydrogen-bond acceptors (Lipinski definition) is 4. The first-order valence-corrected chi connectivity index (χ1v) is 8.76. The molecule has 1 amide bonds. The highest BCUT2D eigenvalue weighted by molar-refractivity contribution is 5.94. The highest BCUT2D eigenvalue weighted by Crippen LogP contribution is 2.25. The van der Waals surface area contributed by atoms with Crippen molar-refractivity contribution in [3.63, 3.8) is 0 Å². The molecule has 0 N–H and O–H groups in total. The van der Waals surface area contributed by atoms with Crippen molar-refractivity contribution in [3.8, 4) is 5.75 Å². The molecule has 0 bridgehead atoms. The predicted molar refractivity (Wildman–Crippen MR) is 94.7 cm³/mol. The number of piperidine rings is 1. The van der Waals surface area contributed by atoms with Crippen LogP contribution in [0.1, 0.15) is 41.7 Å². The Morgan fingerprint density at radius 1 is 1.40 bits per heavy atom. The summed E-state index contributed by atoms with van der Waals surface area (Å²) in [6, 6.07) is 7.72. The smallest absolute Gasteiger partial charge is 0.253 e. The number of aromatic nitrogens is 2. The summed E-state index contributed by atoms with van der Waals surface area (Å²) in [6.45, 7) is 4.48. The van der Waals surface area contributed by atoms with Crippen LogP contribution in [-0.2, 0) is 11.3 Å². The van der Waals surface area contributed by atoms with Crippen LogP contribution in [0.15, 0.2) is 36.7 Å². The summed E-state index contributed by atoms with van der Waals surface area (Å²) in [4.78, 5) is 14.9. The topological polar surface area (TPSA) is 56.6 Å². The molecule has 0 radical (unpaired) electrons. The summed E-state index contributed by atoms with van der Waals surface area (Å²) in [5.74, 6) is 0.801. The van der Waals surface area contributed by atoms with E-state index in [2.05, 4.69) is 5.10 Å². The predicted octanol–water partition coefficient (Wildman–Crippen LogP) is 2.91. The molecule has 0 saturated carbocycles. The van der Waals surface area contributed by atoms with Crippen molar-refractivity contribution in [2.75, 3.05) is 26.8 Å². The maximum absolute atomic E-state index is 13.0. The molecule has 1 unspecified atom stereocenters. The Bertz CT molecular complexity index is 700. The van der Waals surface area contributed by atoms with Gasteiger partial charge in [0.05, 0.1) is 19.8 Å². The Morgan fingerprint density at radius 3 is 3.00 bits per heavy atom. The van der Waals surface area contributed by atoms with Crippen molar-refractivity contribution >= 4 is 5.91 Å². The van der Waals surface area contributed by atoms with Crippen molar-refractivity contribution in [2.24, 2.45) is 0 Å². The van der Waals surface area contributed by atoms with Gasteiger partial charge in [0, 0.05) is 43.2 Å². The molecule has 1 aliphatic rings. The molecule has 2 aromatic rings. The van der Waals surface area contributed by atoms with Crippen molar-refractivity contribution in [1.29, 1.82) is 0 Å². The number of ether oxygens (including phenoxy) is 2. The normalized spacial score (nSPS) is 17.5. The Balaban J connectivity index is 1.75. The number of carbonyl (C=O) groups is 1. The summed E-state index contributed by atoms with van der Waals surface area (Å²) in [7, 11) is 1.63. The van der Waals surface area contributed by atoms with Crippen molar-refractivity contribution in [2.45, 2.75) is 32.4 Å². The zero-order valence-electron chi connectivity index (χ0n) is 14.9. The molecule has 1 fully saturated rings. The minimum absolute atomic E-state index is 0.0530. The number of carbonyl (C=O) groups excluding carboxylic acids is 1. The molecule has 0 aliphatic carbocycles. The van der Waals surface area contributed by atoms with Crippen LogP contribution in [0.4, 0.5) is 0 Å². The zero-order chi connectivity index (χ0) is 17.6. The quantitative estimate of drug-likeness (QED) is 0.809. The molecule has 0 spiro atoms. The number of nitrogens with zero attached hydrogens (tertiary/aromatic N) is 3. The lowest BCUT2D eigenvalue weighted by Crippen LogP contribution is -2.40. The van der Waals surface area contributed by atoms with Crippen LogP contribution in [0.3, 0.4) is 0 Å². The van der Waals surface area contributed by atoms with Crippen molar-refractivity contribution in [3.05, 3.63) is 47.8 Å². The van der Waals surface area contributed by atoms with Gasteiger partial charge in [-0.05, 0) is 44.0 Å². The van der Waals surface area contributed by atoms with Crippen LogP contribution in [-0.4, -0.2) is 47.4 Å². The van der Waals surface area contributed by atoms with Crippen LogP contribution in [0, 0.1) is 0 Å². The van der Waals surface area contributed by atoms with E-state index in [0.29, 0.717) is 25.3 Å². The minimum Gasteiger partial charge on any atom is -0.496 e. The largest absolute Gasteiger partial charge is 0.496 e. The summed E-state index contributed by atoms with van der Waals surface area (Å²) >= 11 is 0. The molecule has 134 valence electrons. The summed E-state index contributed by atoms with van der Waals surface area (Å²) < 4.78 is 12.8. The molecule has 1 aromatic heterocycles. The fourth-order valence-corrected chi connectivity index (χ4v) is 3.27. The third-order valence-electron chi connectivity index (χ3n) is 4.57. The maximum atomic E-state index is 13.0. The second kappa shape index (κ2) is 8.16. The standard InChI is InChI=1S/C19H25N3O3/c1-3-25-14-16-12-15(7-8-18(16)24-2)19(23)21-10-4-6-17(13-21)22-11-5-9-20-22/h5,7-9,11-12,17H,3-4,6,10,13-14H2,1-2H3. The molecule has 6 nitrogen and oxygen atoms in total. The third-order valence-corrected chi connectivity index (χ3v) is 4.57. The third kappa shape index (κ3) is 4.02. The van der Waals surface area contributed by atoms with Crippen molar-refractivity contribution < 1.29 is 14.3 Å². The highest BCUT2D eigenvalue weighted by Gasteiger charge is 2.26. The van der Waals surface area contributed by atoms with Gasteiger partial charge in [0.25, 0.3) is 5.91 Å². The van der Waals surface area contributed by atoms with Gasteiger partial charge in [0.2, 0.25) is 0 Å². The molecule has 1 atom stereocenters. The van der Waals surface area contributed by atoms with Gasteiger partial charge in [-0.3, -0.25) is 9.48 Å². The number of hydrogen-bond donors (Lipinski definition) is 0. The van der Waals surface area contributed by atoms with E-state index in [1.165, 1.54) is 0 Å². The monoisotopic (exact) mass is 343 g/mol. The Morgan fingerprint density at radius 2 is 2.28 bits per heavy atom. The van der Waals surface area contributed by atoms with E-state index < -0.39 is 0 Å². The summed E-state index contributed by atoms with van der Waals surface area (Å²) in [5, 5.41) is 4.32. The van der Waals surface area contributed by atoms with E-state index in [1.807, 2.05) is 47.0 Å². The van der Waals surface area contributed by atoms with E-state index >= 15 is 0 Å². The minimum atomic E-state index is 0.0530. The molecule has 3 rings (SSSR count). The molecule has 1 saturated heterocycles. The Labute approximate surface area is 148 Å². The van der Waals surface area contributed by atoms with Gasteiger partial charge in [-0.2, -0.15) is 5.10 Å². The molecular weight excluding hydrogens is 318 g/mol. The zero-order valence-corrected chi connectivity index (χ0v) is 14.9. The molecule has 1 aliphatic heterocycles. The average molecular weight is 343 g/mol. The molecule has 25 heavy (non-hydrogen) atoms. The second-order valence-electron chi connectivity index (χ2n) is 6.20. The van der Waals surface area contributed by atoms with Crippen LogP contribution < -0.4 is 4.74 Å². The average Bonchev–Trinajstić information content (AvgIpc) is 3.20. The molecule has 2 heterocycles. The summed E-state index contributed by atoms with van der Waals surface area (Å²) in [6.07, 6.45) is 5.78. The lowest BCUT2D eigenvalue weighted by atomic mass is 10.0. The number of amides is 1. The number of benzene rings is 1. The molecular formula is C19H25N3O3. The van der Waals surface area contributed by atoms with E-state index in [1.54, 1.807) is 13.3 Å². The fraction of sp³-hybridized carbons (Fsp3) is 0.474. The Kier molecular flexibility index (Phi) is 5.71. The summed E-state index contributed by atoms with van der Waals surface area (Å²) in [5.41, 5.74) is 1.58. The number of rotatable bonds is 6. The van der Waals surface area contributed by atoms with Crippen molar-refractivity contribution in [1.82, 2.24) is 14.7 Å². The number of likely N-dealkylation sites (tertiary alicyclic amines) is 1. The van der Waals surface area contributed by atoms with Crippen LogP contribution >= 0.6 is 0 Å². The SMILES string of the molecule is CCOCc1cc(C(=O)N2CCCC(n3cccn3)C2)ccc1OC.